The third-order valence-corrected chi connectivity index (χ3v) is 4.76. The Morgan fingerprint density at radius 3 is 1.89 bits per heavy atom. The molecule has 3 aromatic rings. The second kappa shape index (κ2) is 6.82. The van der Waals surface area contributed by atoms with Gasteiger partial charge in [-0.2, -0.15) is 0 Å². The van der Waals surface area contributed by atoms with Crippen molar-refractivity contribution in [2.45, 2.75) is 11.7 Å². The summed E-state index contributed by atoms with van der Waals surface area (Å²) in [5, 5.41) is 0. The molecule has 4 heteroatoms. The highest BCUT2D eigenvalue weighted by Crippen LogP contribution is 2.53. The van der Waals surface area contributed by atoms with E-state index in [0.717, 1.165) is 5.56 Å². The molecule has 4 nitrogen and oxygen atoms in total. The molecule has 0 radical (unpaired) electrons. The van der Waals surface area contributed by atoms with Crippen LogP contribution in [0.5, 0.6) is 5.75 Å². The Morgan fingerprint density at radius 2 is 1.37 bits per heavy atom. The minimum absolute atomic E-state index is 0.329. The third kappa shape index (κ3) is 2.94. The van der Waals surface area contributed by atoms with Gasteiger partial charge >= 0.3 is 0 Å². The topological polar surface area (TPSA) is 55.9 Å². The fraction of sp³-hybridized carbons (Fsp3) is 0.130. The Kier molecular flexibility index (Phi) is 4.34. The molecule has 0 unspecified atom stereocenters. The van der Waals surface area contributed by atoms with Crippen LogP contribution in [0.3, 0.4) is 0 Å². The molecular formula is C23H18O4. The highest BCUT2D eigenvalue weighted by Gasteiger charge is 2.68. The van der Waals surface area contributed by atoms with E-state index in [1.165, 1.54) is 0 Å². The van der Waals surface area contributed by atoms with Crippen LogP contribution in [0.1, 0.15) is 32.4 Å². The number of carbonyl (C=O) groups excluding carboxylic acids is 2. The van der Waals surface area contributed by atoms with Gasteiger partial charge in [-0.3, -0.25) is 9.59 Å². The van der Waals surface area contributed by atoms with Gasteiger partial charge < -0.3 is 9.47 Å². The maximum atomic E-state index is 13.3. The van der Waals surface area contributed by atoms with Crippen molar-refractivity contribution < 1.29 is 19.1 Å². The molecule has 0 amide bonds. The fourth-order valence-electron chi connectivity index (χ4n) is 3.32. The molecule has 134 valence electrons. The minimum atomic E-state index is -1.55. The van der Waals surface area contributed by atoms with Crippen LogP contribution in [-0.4, -0.2) is 24.3 Å². The number of methoxy groups -OCH3 is 1. The number of Topliss-reactive ketones (excluding diaryl/α,β-unsaturated/α-hetero) is 2. The van der Waals surface area contributed by atoms with Gasteiger partial charge in [0.05, 0.1) is 7.11 Å². The Balaban J connectivity index is 1.78. The van der Waals surface area contributed by atoms with Crippen LogP contribution in [-0.2, 0) is 4.74 Å². The maximum absolute atomic E-state index is 13.3. The molecule has 1 saturated heterocycles. The SMILES string of the molecule is COc1cccc([C@H]2OC2(C(=O)c2ccccc2)C(=O)c2ccccc2)c1. The number of ketones is 2. The highest BCUT2D eigenvalue weighted by atomic mass is 16.6. The average molecular weight is 358 g/mol. The lowest BCUT2D eigenvalue weighted by molar-refractivity contribution is 0.0752. The quantitative estimate of drug-likeness (QED) is 0.375. The van der Waals surface area contributed by atoms with Crippen LogP contribution in [0.4, 0.5) is 0 Å². The second-order valence-corrected chi connectivity index (χ2v) is 6.40. The number of epoxide rings is 1. The third-order valence-electron chi connectivity index (χ3n) is 4.76. The van der Waals surface area contributed by atoms with Gasteiger partial charge in [0.2, 0.25) is 17.2 Å². The van der Waals surface area contributed by atoms with Gasteiger partial charge in [0.25, 0.3) is 0 Å². The lowest BCUT2D eigenvalue weighted by Gasteiger charge is -2.12. The number of benzene rings is 3. The van der Waals surface area contributed by atoms with Gasteiger partial charge in [-0.1, -0.05) is 72.8 Å². The van der Waals surface area contributed by atoms with Crippen LogP contribution < -0.4 is 4.74 Å². The number of hydrogen-bond acceptors (Lipinski definition) is 4. The molecule has 1 aliphatic heterocycles. The molecule has 1 fully saturated rings. The molecule has 0 bridgehead atoms. The molecular weight excluding hydrogens is 340 g/mol. The Bertz CT molecular complexity index is 928. The van der Waals surface area contributed by atoms with E-state index < -0.39 is 11.7 Å². The summed E-state index contributed by atoms with van der Waals surface area (Å²) in [6.45, 7) is 0. The monoisotopic (exact) mass is 358 g/mol. The lowest BCUT2D eigenvalue weighted by Crippen LogP contribution is -2.35. The summed E-state index contributed by atoms with van der Waals surface area (Å²) in [5.41, 5.74) is 0.0944. The van der Waals surface area contributed by atoms with E-state index in [4.69, 9.17) is 9.47 Å². The van der Waals surface area contributed by atoms with Crippen LogP contribution >= 0.6 is 0 Å². The van der Waals surface area contributed by atoms with Crippen molar-refractivity contribution in [1.29, 1.82) is 0 Å². The van der Waals surface area contributed by atoms with Crippen molar-refractivity contribution in [1.82, 2.24) is 0 Å². The lowest BCUT2D eigenvalue weighted by atomic mass is 9.85. The summed E-state index contributed by atoms with van der Waals surface area (Å²) in [6.07, 6.45) is -0.645. The Hall–Kier alpha value is -3.24. The van der Waals surface area contributed by atoms with E-state index in [2.05, 4.69) is 0 Å². The Labute approximate surface area is 157 Å². The molecule has 1 aliphatic rings. The van der Waals surface area contributed by atoms with E-state index in [1.54, 1.807) is 61.7 Å². The van der Waals surface area contributed by atoms with Gasteiger partial charge in [-0.15, -0.1) is 0 Å². The molecule has 0 aliphatic carbocycles. The van der Waals surface area contributed by atoms with Crippen molar-refractivity contribution in [2.24, 2.45) is 0 Å². The van der Waals surface area contributed by atoms with Crippen molar-refractivity contribution in [3.63, 3.8) is 0 Å². The van der Waals surface area contributed by atoms with Crippen LogP contribution in [0.25, 0.3) is 0 Å². The van der Waals surface area contributed by atoms with E-state index in [9.17, 15) is 9.59 Å². The molecule has 3 aromatic carbocycles. The minimum Gasteiger partial charge on any atom is -0.497 e. The largest absolute Gasteiger partial charge is 0.497 e. The molecule has 1 atom stereocenters. The molecule has 0 aromatic heterocycles. The Morgan fingerprint density at radius 1 is 0.815 bits per heavy atom. The summed E-state index contributed by atoms with van der Waals surface area (Å²) < 4.78 is 11.1. The predicted octanol–water partition coefficient (Wildman–Crippen LogP) is 4.27. The summed E-state index contributed by atoms with van der Waals surface area (Å²) >= 11 is 0. The number of carbonyl (C=O) groups is 2. The van der Waals surface area contributed by atoms with Crippen molar-refractivity contribution in [3.8, 4) is 5.75 Å². The number of ether oxygens (including phenoxy) is 2. The fourth-order valence-corrected chi connectivity index (χ4v) is 3.32. The van der Waals surface area contributed by atoms with Crippen LogP contribution in [0.2, 0.25) is 0 Å². The average Bonchev–Trinajstić information content (AvgIpc) is 3.51. The summed E-state index contributed by atoms with van der Waals surface area (Å²) in [7, 11) is 1.57. The molecule has 0 spiro atoms. The van der Waals surface area contributed by atoms with Crippen LogP contribution in [0, 0.1) is 0 Å². The first-order valence-corrected chi connectivity index (χ1v) is 8.68. The zero-order valence-corrected chi connectivity index (χ0v) is 14.8. The van der Waals surface area contributed by atoms with E-state index >= 15 is 0 Å². The first kappa shape index (κ1) is 17.2. The summed E-state index contributed by atoms with van der Waals surface area (Å²) in [5.74, 6) is -0.00855. The first-order valence-electron chi connectivity index (χ1n) is 8.68. The zero-order valence-electron chi connectivity index (χ0n) is 14.8. The first-order chi connectivity index (χ1) is 13.2. The second-order valence-electron chi connectivity index (χ2n) is 6.40. The predicted molar refractivity (Wildman–Crippen MR) is 101 cm³/mol. The number of rotatable bonds is 6. The van der Waals surface area contributed by atoms with Crippen molar-refractivity contribution in [2.75, 3.05) is 7.11 Å². The van der Waals surface area contributed by atoms with Gasteiger partial charge in [0.15, 0.2) is 0 Å². The van der Waals surface area contributed by atoms with Gasteiger partial charge in [-0.05, 0) is 17.7 Å². The standard InChI is InChI=1S/C23H18O4/c1-26-19-14-8-13-18(15-19)22-23(27-22,20(24)16-9-4-2-5-10-16)21(25)17-11-6-3-7-12-17/h2-15,22H,1H3/t22-/m1/s1. The summed E-state index contributed by atoms with van der Waals surface area (Å²) in [6, 6.07) is 24.8. The van der Waals surface area contributed by atoms with Gasteiger partial charge in [0, 0.05) is 11.1 Å². The summed E-state index contributed by atoms with van der Waals surface area (Å²) in [4.78, 5) is 26.6. The van der Waals surface area contributed by atoms with Crippen LogP contribution in [0.15, 0.2) is 84.9 Å². The molecule has 27 heavy (non-hydrogen) atoms. The normalized spacial score (nSPS) is 17.1. The zero-order chi connectivity index (χ0) is 18.9. The van der Waals surface area contributed by atoms with Crippen molar-refractivity contribution >= 4 is 11.6 Å². The van der Waals surface area contributed by atoms with Gasteiger partial charge in [0.1, 0.15) is 11.9 Å². The van der Waals surface area contributed by atoms with Gasteiger partial charge in [-0.25, -0.2) is 0 Å². The maximum Gasteiger partial charge on any atom is 0.224 e. The van der Waals surface area contributed by atoms with E-state index in [-0.39, 0.29) is 11.6 Å². The highest BCUT2D eigenvalue weighted by molar-refractivity contribution is 6.25. The van der Waals surface area contributed by atoms with E-state index in [1.807, 2.05) is 30.3 Å². The molecule has 4 rings (SSSR count). The smallest absolute Gasteiger partial charge is 0.224 e. The molecule has 0 N–H and O–H groups in total. The number of hydrogen-bond donors (Lipinski definition) is 0. The van der Waals surface area contributed by atoms with Crippen molar-refractivity contribution in [3.05, 3.63) is 102 Å². The molecule has 1 heterocycles. The molecule has 0 saturated carbocycles. The van der Waals surface area contributed by atoms with E-state index in [0.29, 0.717) is 16.9 Å².